The van der Waals surface area contributed by atoms with Gasteiger partial charge < -0.3 is 24.4 Å². The summed E-state index contributed by atoms with van der Waals surface area (Å²) in [5, 5.41) is 6.89. The smallest absolute Gasteiger partial charge is 0.290 e. The molecule has 0 aromatic rings. The Bertz CT molecular complexity index is 554. The largest absolute Gasteiger partial charge is 0.483 e. The molecule has 1 spiro atoms. The van der Waals surface area contributed by atoms with E-state index in [1.165, 1.54) is 32.4 Å². The monoisotopic (exact) mass is 424 g/mol. The zero-order valence-electron chi connectivity index (χ0n) is 18.8. The van der Waals surface area contributed by atoms with E-state index in [4.69, 9.17) is 19.4 Å². The van der Waals surface area contributed by atoms with Crippen LogP contribution in [-0.2, 0) is 19.1 Å². The second-order valence-electron chi connectivity index (χ2n) is 10.1. The van der Waals surface area contributed by atoms with Crippen LogP contribution in [0.15, 0.2) is 0 Å². The summed E-state index contributed by atoms with van der Waals surface area (Å²) in [7, 11) is 0. The molecule has 1 amide bonds. The molecule has 0 saturated carbocycles. The van der Waals surface area contributed by atoms with E-state index >= 15 is 0 Å². The number of carbonyl (C=O) groups excluding carboxylic acids is 1. The molecule has 0 bridgehead atoms. The highest BCUT2D eigenvalue weighted by molar-refractivity contribution is 5.77. The van der Waals surface area contributed by atoms with Crippen LogP contribution < -0.4 is 0 Å². The SMILES string of the molecule is CC(C)CCN1CC[C@@H]2[C@@H](CO[C@H]2CC(=O)N2CCC3(CCOC3)CC2)C1.O=CO. The number of rotatable bonds is 5. The standard InChI is InChI=1S/C22H38N2O3.CH2O2/c1-17(2)3-8-23-9-4-19-18(14-23)15-27-20(19)13-21(25)24-10-5-22(6-11-24)7-12-26-16-22;2-1-3/h17-20H,3-16H2,1-2H3;1H,(H,2,3)/t18-,19-,20+;/m1./s1. The molecule has 0 radical (unpaired) electrons. The second-order valence-corrected chi connectivity index (χ2v) is 10.1. The van der Waals surface area contributed by atoms with Crippen molar-refractivity contribution in [3.63, 3.8) is 0 Å². The van der Waals surface area contributed by atoms with Crippen LogP contribution in [0.3, 0.4) is 0 Å². The lowest BCUT2D eigenvalue weighted by Crippen LogP contribution is -2.46. The summed E-state index contributed by atoms with van der Waals surface area (Å²) in [4.78, 5) is 25.9. The number of likely N-dealkylation sites (tertiary alicyclic amines) is 2. The molecule has 1 N–H and O–H groups in total. The number of piperidine rings is 2. The Morgan fingerprint density at radius 3 is 2.60 bits per heavy atom. The summed E-state index contributed by atoms with van der Waals surface area (Å²) in [6.07, 6.45) is 6.62. The first-order valence-corrected chi connectivity index (χ1v) is 11.7. The first-order chi connectivity index (χ1) is 14.5. The maximum absolute atomic E-state index is 12.9. The highest BCUT2D eigenvalue weighted by Gasteiger charge is 2.43. The number of hydrogen-bond acceptors (Lipinski definition) is 5. The fourth-order valence-electron chi connectivity index (χ4n) is 5.59. The second kappa shape index (κ2) is 10.9. The molecule has 4 fully saturated rings. The van der Waals surface area contributed by atoms with Crippen LogP contribution in [0.2, 0.25) is 0 Å². The summed E-state index contributed by atoms with van der Waals surface area (Å²) >= 11 is 0. The van der Waals surface area contributed by atoms with Gasteiger partial charge in [0.05, 0.1) is 25.7 Å². The van der Waals surface area contributed by atoms with Crippen molar-refractivity contribution in [2.45, 2.75) is 58.5 Å². The van der Waals surface area contributed by atoms with Crippen molar-refractivity contribution in [3.05, 3.63) is 0 Å². The highest BCUT2D eigenvalue weighted by Crippen LogP contribution is 2.40. The minimum Gasteiger partial charge on any atom is -0.483 e. The van der Waals surface area contributed by atoms with Crippen LogP contribution in [0.4, 0.5) is 0 Å². The van der Waals surface area contributed by atoms with E-state index in [0.717, 1.165) is 58.2 Å². The van der Waals surface area contributed by atoms with Crippen LogP contribution in [0.1, 0.15) is 52.4 Å². The van der Waals surface area contributed by atoms with Crippen molar-refractivity contribution in [3.8, 4) is 0 Å². The van der Waals surface area contributed by atoms with Crippen molar-refractivity contribution in [2.75, 3.05) is 52.5 Å². The number of carboxylic acid groups (broad SMARTS) is 1. The number of hydrogen-bond donors (Lipinski definition) is 1. The Balaban J connectivity index is 0.000000806. The third-order valence-corrected chi connectivity index (χ3v) is 7.64. The fraction of sp³-hybridized carbons (Fsp3) is 0.913. The van der Waals surface area contributed by atoms with Crippen LogP contribution in [0.25, 0.3) is 0 Å². The van der Waals surface area contributed by atoms with E-state index in [9.17, 15) is 4.79 Å². The Morgan fingerprint density at radius 2 is 1.97 bits per heavy atom. The predicted octanol–water partition coefficient (Wildman–Crippen LogP) is 2.49. The average Bonchev–Trinajstić information content (AvgIpc) is 3.35. The van der Waals surface area contributed by atoms with E-state index in [1.54, 1.807) is 0 Å². The molecular weight excluding hydrogens is 384 g/mol. The van der Waals surface area contributed by atoms with E-state index in [-0.39, 0.29) is 12.6 Å². The van der Waals surface area contributed by atoms with Gasteiger partial charge in [0.1, 0.15) is 0 Å². The molecule has 7 heteroatoms. The fourth-order valence-corrected chi connectivity index (χ4v) is 5.59. The van der Waals surface area contributed by atoms with Crippen LogP contribution >= 0.6 is 0 Å². The van der Waals surface area contributed by atoms with Crippen LogP contribution in [0.5, 0.6) is 0 Å². The van der Waals surface area contributed by atoms with Gasteiger partial charge in [-0.05, 0) is 62.4 Å². The highest BCUT2D eigenvalue weighted by atomic mass is 16.5. The summed E-state index contributed by atoms with van der Waals surface area (Å²) < 4.78 is 11.7. The molecule has 30 heavy (non-hydrogen) atoms. The predicted molar refractivity (Wildman–Crippen MR) is 114 cm³/mol. The third kappa shape index (κ3) is 5.95. The molecule has 3 atom stereocenters. The Morgan fingerprint density at radius 1 is 1.23 bits per heavy atom. The van der Waals surface area contributed by atoms with Gasteiger partial charge in [-0.15, -0.1) is 0 Å². The van der Waals surface area contributed by atoms with Gasteiger partial charge in [-0.2, -0.15) is 0 Å². The molecule has 0 aromatic heterocycles. The summed E-state index contributed by atoms with van der Waals surface area (Å²) in [6, 6.07) is 0. The molecule has 172 valence electrons. The number of nitrogens with zero attached hydrogens (tertiary/aromatic N) is 2. The van der Waals surface area contributed by atoms with Gasteiger partial charge in [0.25, 0.3) is 6.47 Å². The molecule has 7 nitrogen and oxygen atoms in total. The summed E-state index contributed by atoms with van der Waals surface area (Å²) in [5.74, 6) is 2.30. The van der Waals surface area contributed by atoms with Gasteiger partial charge in [-0.3, -0.25) is 9.59 Å². The first-order valence-electron chi connectivity index (χ1n) is 11.7. The summed E-state index contributed by atoms with van der Waals surface area (Å²) in [5.41, 5.74) is 0.370. The van der Waals surface area contributed by atoms with Gasteiger partial charge in [0.15, 0.2) is 0 Å². The quantitative estimate of drug-likeness (QED) is 0.683. The van der Waals surface area contributed by atoms with Crippen molar-refractivity contribution in [2.24, 2.45) is 23.2 Å². The molecule has 4 heterocycles. The van der Waals surface area contributed by atoms with Crippen molar-refractivity contribution in [1.29, 1.82) is 0 Å². The number of amides is 1. The molecular formula is C23H40N2O5. The van der Waals surface area contributed by atoms with E-state index < -0.39 is 0 Å². The Labute approximate surface area is 181 Å². The number of carbonyl (C=O) groups is 2. The van der Waals surface area contributed by atoms with Crippen LogP contribution in [0, 0.1) is 23.2 Å². The van der Waals surface area contributed by atoms with Gasteiger partial charge in [0, 0.05) is 32.2 Å². The molecule has 4 saturated heterocycles. The van der Waals surface area contributed by atoms with Gasteiger partial charge >= 0.3 is 0 Å². The Kier molecular flexibility index (Phi) is 8.54. The van der Waals surface area contributed by atoms with E-state index in [2.05, 4.69) is 23.6 Å². The zero-order valence-corrected chi connectivity index (χ0v) is 18.8. The first kappa shape index (κ1) is 23.5. The Hall–Kier alpha value is -1.18. The van der Waals surface area contributed by atoms with E-state index in [0.29, 0.717) is 29.6 Å². The lowest BCUT2D eigenvalue weighted by molar-refractivity contribution is -0.136. The minimum atomic E-state index is -0.250. The average molecular weight is 425 g/mol. The van der Waals surface area contributed by atoms with E-state index in [1.807, 2.05) is 0 Å². The maximum Gasteiger partial charge on any atom is 0.290 e. The topological polar surface area (TPSA) is 79.3 Å². The normalized spacial score (nSPS) is 30.8. The van der Waals surface area contributed by atoms with Gasteiger partial charge in [-0.1, -0.05) is 13.8 Å². The molecule has 4 rings (SSSR count). The van der Waals surface area contributed by atoms with Gasteiger partial charge in [-0.25, -0.2) is 0 Å². The van der Waals surface area contributed by atoms with Crippen molar-refractivity contribution >= 4 is 12.4 Å². The number of ether oxygens (including phenoxy) is 2. The molecule has 4 aliphatic heterocycles. The van der Waals surface area contributed by atoms with Crippen molar-refractivity contribution in [1.82, 2.24) is 9.80 Å². The molecule has 0 aliphatic carbocycles. The van der Waals surface area contributed by atoms with Gasteiger partial charge in [0.2, 0.25) is 5.91 Å². The zero-order chi connectivity index (χ0) is 21.6. The molecule has 4 aliphatic rings. The van der Waals surface area contributed by atoms with Crippen molar-refractivity contribution < 1.29 is 24.2 Å². The third-order valence-electron chi connectivity index (χ3n) is 7.64. The molecule has 0 aromatic carbocycles. The lowest BCUT2D eigenvalue weighted by Gasteiger charge is -2.39. The summed E-state index contributed by atoms with van der Waals surface area (Å²) in [6.45, 7) is 12.4. The number of fused-ring (bicyclic) bond motifs is 1. The van der Waals surface area contributed by atoms with Crippen LogP contribution in [-0.4, -0.2) is 85.9 Å². The molecule has 0 unspecified atom stereocenters. The minimum absolute atomic E-state index is 0.153. The lowest BCUT2D eigenvalue weighted by atomic mass is 9.78. The maximum atomic E-state index is 12.9.